The number of nitro groups is 1. The Bertz CT molecular complexity index is 537. The molecular formula is C14H17ClN2O3. The summed E-state index contributed by atoms with van der Waals surface area (Å²) < 4.78 is 0. The lowest BCUT2D eigenvalue weighted by Crippen LogP contribution is -2.42. The van der Waals surface area contributed by atoms with Crippen LogP contribution in [0.15, 0.2) is 18.2 Å². The standard InChI is InChI=1S/C14H17ClN2O3/c1-9-5-10(2)8-16(7-9)14(18)12-4-3-11(15)6-13(12)17(19)20/h3-4,6,9-10H,5,7-8H2,1-2H3/t9-,10-/m0/s1. The van der Waals surface area contributed by atoms with E-state index in [1.165, 1.54) is 18.2 Å². The maximum atomic E-state index is 12.5. The normalized spacial score (nSPS) is 22.6. The number of likely N-dealkylation sites (tertiary alicyclic amines) is 1. The lowest BCUT2D eigenvalue weighted by Gasteiger charge is -2.34. The highest BCUT2D eigenvalue weighted by molar-refractivity contribution is 6.31. The molecule has 1 aromatic carbocycles. The van der Waals surface area contributed by atoms with Crippen molar-refractivity contribution in [2.45, 2.75) is 20.3 Å². The second-order valence-corrected chi connectivity index (χ2v) is 6.01. The number of nitro benzene ring substituents is 1. The van der Waals surface area contributed by atoms with Crippen LogP contribution in [-0.4, -0.2) is 28.8 Å². The van der Waals surface area contributed by atoms with E-state index in [4.69, 9.17) is 11.6 Å². The summed E-state index contributed by atoms with van der Waals surface area (Å²) in [5.41, 5.74) is -0.117. The van der Waals surface area contributed by atoms with Crippen LogP contribution in [0.5, 0.6) is 0 Å². The molecule has 108 valence electrons. The van der Waals surface area contributed by atoms with E-state index < -0.39 is 4.92 Å². The smallest absolute Gasteiger partial charge is 0.283 e. The van der Waals surface area contributed by atoms with Crippen molar-refractivity contribution in [1.29, 1.82) is 0 Å². The molecule has 1 saturated heterocycles. The van der Waals surface area contributed by atoms with Crippen molar-refractivity contribution in [2.24, 2.45) is 11.8 Å². The monoisotopic (exact) mass is 296 g/mol. The molecule has 1 aliphatic rings. The molecule has 2 rings (SSSR count). The molecule has 0 spiro atoms. The quantitative estimate of drug-likeness (QED) is 0.621. The Morgan fingerprint density at radius 1 is 1.35 bits per heavy atom. The van der Waals surface area contributed by atoms with Crippen molar-refractivity contribution in [3.8, 4) is 0 Å². The van der Waals surface area contributed by atoms with Gasteiger partial charge in [0.1, 0.15) is 5.56 Å². The Balaban J connectivity index is 2.31. The van der Waals surface area contributed by atoms with Crippen LogP contribution >= 0.6 is 11.6 Å². The molecule has 0 aromatic heterocycles. The van der Waals surface area contributed by atoms with E-state index in [0.29, 0.717) is 24.9 Å². The van der Waals surface area contributed by atoms with Gasteiger partial charge in [-0.05, 0) is 30.4 Å². The summed E-state index contributed by atoms with van der Waals surface area (Å²) in [5.74, 6) is 0.537. The Labute approximate surface area is 122 Å². The number of piperidine rings is 1. The summed E-state index contributed by atoms with van der Waals surface area (Å²) >= 11 is 5.77. The molecule has 2 atom stereocenters. The van der Waals surface area contributed by atoms with Gasteiger partial charge in [0.2, 0.25) is 0 Å². The molecule has 0 saturated carbocycles. The number of halogens is 1. The summed E-state index contributed by atoms with van der Waals surface area (Å²) in [6.07, 6.45) is 1.08. The topological polar surface area (TPSA) is 63.5 Å². The number of hydrogen-bond acceptors (Lipinski definition) is 3. The maximum absolute atomic E-state index is 12.5. The third kappa shape index (κ3) is 3.10. The van der Waals surface area contributed by atoms with E-state index >= 15 is 0 Å². The molecule has 0 radical (unpaired) electrons. The fraction of sp³-hybridized carbons (Fsp3) is 0.500. The lowest BCUT2D eigenvalue weighted by atomic mass is 9.91. The largest absolute Gasteiger partial charge is 0.338 e. The second-order valence-electron chi connectivity index (χ2n) is 5.57. The van der Waals surface area contributed by atoms with Crippen LogP contribution in [0.4, 0.5) is 5.69 Å². The summed E-state index contributed by atoms with van der Waals surface area (Å²) in [4.78, 5) is 24.7. The van der Waals surface area contributed by atoms with Gasteiger partial charge in [-0.1, -0.05) is 25.4 Å². The molecule has 1 aromatic rings. The molecule has 1 heterocycles. The number of carbonyl (C=O) groups is 1. The van der Waals surface area contributed by atoms with Gasteiger partial charge in [0.05, 0.1) is 4.92 Å². The predicted octanol–water partition coefficient (Wildman–Crippen LogP) is 3.37. The fourth-order valence-corrected chi connectivity index (χ4v) is 3.00. The van der Waals surface area contributed by atoms with Crippen LogP contribution in [0.1, 0.15) is 30.6 Å². The van der Waals surface area contributed by atoms with Crippen LogP contribution in [-0.2, 0) is 0 Å². The highest BCUT2D eigenvalue weighted by Crippen LogP contribution is 2.27. The molecule has 20 heavy (non-hydrogen) atoms. The van der Waals surface area contributed by atoms with Gasteiger partial charge in [0.25, 0.3) is 11.6 Å². The highest BCUT2D eigenvalue weighted by Gasteiger charge is 2.30. The SMILES string of the molecule is C[C@H]1C[C@H](C)CN(C(=O)c2ccc(Cl)cc2[N+](=O)[O-])C1. The van der Waals surface area contributed by atoms with Gasteiger partial charge in [0, 0.05) is 24.2 Å². The number of carbonyl (C=O) groups excluding carboxylic acids is 1. The molecule has 0 bridgehead atoms. The van der Waals surface area contributed by atoms with Gasteiger partial charge in [-0.15, -0.1) is 0 Å². The minimum absolute atomic E-state index is 0.112. The lowest BCUT2D eigenvalue weighted by molar-refractivity contribution is -0.385. The molecule has 0 aliphatic carbocycles. The second kappa shape index (κ2) is 5.79. The third-order valence-electron chi connectivity index (χ3n) is 3.54. The first-order valence-electron chi connectivity index (χ1n) is 6.61. The minimum Gasteiger partial charge on any atom is -0.338 e. The van der Waals surface area contributed by atoms with Gasteiger partial charge in [-0.2, -0.15) is 0 Å². The molecule has 6 heteroatoms. The van der Waals surface area contributed by atoms with Gasteiger partial charge in [-0.3, -0.25) is 14.9 Å². The minimum atomic E-state index is -0.560. The Kier molecular flexibility index (Phi) is 4.28. The van der Waals surface area contributed by atoms with E-state index in [9.17, 15) is 14.9 Å². The van der Waals surface area contributed by atoms with E-state index in [0.717, 1.165) is 6.42 Å². The van der Waals surface area contributed by atoms with Crippen LogP contribution in [0.3, 0.4) is 0 Å². The first-order valence-corrected chi connectivity index (χ1v) is 6.99. The Morgan fingerprint density at radius 2 is 1.95 bits per heavy atom. The van der Waals surface area contributed by atoms with E-state index in [1.54, 1.807) is 4.90 Å². The molecule has 0 N–H and O–H groups in total. The van der Waals surface area contributed by atoms with Crippen LogP contribution in [0.2, 0.25) is 5.02 Å². The molecule has 1 amide bonds. The van der Waals surface area contributed by atoms with E-state index in [2.05, 4.69) is 13.8 Å². The molecule has 0 unspecified atom stereocenters. The summed E-state index contributed by atoms with van der Waals surface area (Å²) in [6.45, 7) is 5.46. The number of hydrogen-bond donors (Lipinski definition) is 0. The number of benzene rings is 1. The van der Waals surface area contributed by atoms with Crippen LogP contribution < -0.4 is 0 Å². The van der Waals surface area contributed by atoms with Crippen molar-refractivity contribution in [3.05, 3.63) is 38.9 Å². The van der Waals surface area contributed by atoms with E-state index in [-0.39, 0.29) is 22.2 Å². The number of nitrogens with zero attached hydrogens (tertiary/aromatic N) is 2. The average molecular weight is 297 g/mol. The van der Waals surface area contributed by atoms with E-state index in [1.807, 2.05) is 0 Å². The zero-order valence-corrected chi connectivity index (χ0v) is 12.3. The number of amides is 1. The van der Waals surface area contributed by atoms with Crippen molar-refractivity contribution in [1.82, 2.24) is 4.90 Å². The number of rotatable bonds is 2. The molecule has 1 aliphatic heterocycles. The summed E-state index contributed by atoms with van der Waals surface area (Å²) in [5, 5.41) is 11.3. The molecule has 5 nitrogen and oxygen atoms in total. The van der Waals surface area contributed by atoms with Gasteiger partial charge in [0.15, 0.2) is 0 Å². The Hall–Kier alpha value is -1.62. The predicted molar refractivity (Wildman–Crippen MR) is 77.0 cm³/mol. The average Bonchev–Trinajstić information content (AvgIpc) is 2.36. The van der Waals surface area contributed by atoms with Gasteiger partial charge >= 0.3 is 0 Å². The molecule has 1 fully saturated rings. The van der Waals surface area contributed by atoms with Crippen LogP contribution in [0, 0.1) is 22.0 Å². The first-order chi connectivity index (χ1) is 9.38. The highest BCUT2D eigenvalue weighted by atomic mass is 35.5. The first kappa shape index (κ1) is 14.8. The van der Waals surface area contributed by atoms with Gasteiger partial charge in [-0.25, -0.2) is 0 Å². The maximum Gasteiger partial charge on any atom is 0.283 e. The third-order valence-corrected chi connectivity index (χ3v) is 3.78. The summed E-state index contributed by atoms with van der Waals surface area (Å²) in [6, 6.07) is 4.18. The zero-order chi connectivity index (χ0) is 14.9. The van der Waals surface area contributed by atoms with Crippen molar-refractivity contribution >= 4 is 23.2 Å². The van der Waals surface area contributed by atoms with Crippen molar-refractivity contribution in [2.75, 3.05) is 13.1 Å². The Morgan fingerprint density at radius 3 is 2.50 bits per heavy atom. The van der Waals surface area contributed by atoms with Crippen molar-refractivity contribution < 1.29 is 9.72 Å². The zero-order valence-electron chi connectivity index (χ0n) is 11.5. The molecular weight excluding hydrogens is 280 g/mol. The summed E-state index contributed by atoms with van der Waals surface area (Å²) in [7, 11) is 0. The van der Waals surface area contributed by atoms with Crippen molar-refractivity contribution in [3.63, 3.8) is 0 Å². The van der Waals surface area contributed by atoms with Gasteiger partial charge < -0.3 is 4.90 Å². The van der Waals surface area contributed by atoms with Crippen LogP contribution in [0.25, 0.3) is 0 Å². The fourth-order valence-electron chi connectivity index (χ4n) is 2.84.